The molecule has 1 aliphatic rings. The maximum atomic E-state index is 12.3. The lowest BCUT2D eigenvalue weighted by Crippen LogP contribution is -2.30. The van der Waals surface area contributed by atoms with Gasteiger partial charge in [0, 0.05) is 18.7 Å². The van der Waals surface area contributed by atoms with Crippen molar-refractivity contribution in [3.05, 3.63) is 23.2 Å². The molecule has 132 valence electrons. The number of ether oxygens (including phenoxy) is 2. The van der Waals surface area contributed by atoms with Gasteiger partial charge in [-0.05, 0) is 37.5 Å². The van der Waals surface area contributed by atoms with Crippen molar-refractivity contribution in [2.24, 2.45) is 11.8 Å². The molecule has 24 heavy (non-hydrogen) atoms. The van der Waals surface area contributed by atoms with Gasteiger partial charge in [0.15, 0.2) is 0 Å². The highest BCUT2D eigenvalue weighted by Crippen LogP contribution is 2.31. The van der Waals surface area contributed by atoms with E-state index in [1.54, 1.807) is 25.3 Å². The minimum atomic E-state index is -0.826. The Morgan fingerprint density at radius 2 is 2.04 bits per heavy atom. The van der Waals surface area contributed by atoms with E-state index >= 15 is 0 Å². The quantitative estimate of drug-likeness (QED) is 0.734. The van der Waals surface area contributed by atoms with Crippen molar-refractivity contribution in [1.82, 2.24) is 0 Å². The molecule has 1 aromatic rings. The molecule has 2 atom stereocenters. The normalized spacial score (nSPS) is 20.4. The van der Waals surface area contributed by atoms with E-state index in [1.807, 2.05) is 0 Å². The Labute approximate surface area is 146 Å². The number of carbonyl (C=O) groups is 2. The number of nitrogens with one attached hydrogen (secondary N) is 1. The molecular weight excluding hydrogens is 334 g/mol. The first kappa shape index (κ1) is 18.5. The summed E-state index contributed by atoms with van der Waals surface area (Å²) in [5.74, 6) is -1.18. The molecule has 1 amide bonds. The van der Waals surface area contributed by atoms with Crippen molar-refractivity contribution in [3.8, 4) is 5.75 Å². The molecule has 1 aromatic carbocycles. The number of carboxylic acids is 1. The number of benzene rings is 1. The van der Waals surface area contributed by atoms with Gasteiger partial charge >= 0.3 is 5.97 Å². The first-order valence-corrected chi connectivity index (χ1v) is 8.34. The van der Waals surface area contributed by atoms with Crippen molar-refractivity contribution in [3.63, 3.8) is 0 Å². The summed E-state index contributed by atoms with van der Waals surface area (Å²) in [5.41, 5.74) is 0.571. The van der Waals surface area contributed by atoms with Crippen LogP contribution in [0.4, 0.5) is 5.69 Å². The molecule has 1 fully saturated rings. The summed E-state index contributed by atoms with van der Waals surface area (Å²) in [6, 6.07) is 5.02. The highest BCUT2D eigenvalue weighted by molar-refractivity contribution is 6.32. The van der Waals surface area contributed by atoms with Gasteiger partial charge in [-0.2, -0.15) is 0 Å². The average Bonchev–Trinajstić information content (AvgIpc) is 2.57. The monoisotopic (exact) mass is 355 g/mol. The number of anilines is 1. The summed E-state index contributed by atoms with van der Waals surface area (Å²) in [5, 5.41) is 12.3. The van der Waals surface area contributed by atoms with E-state index in [1.165, 1.54) is 0 Å². The van der Waals surface area contributed by atoms with Gasteiger partial charge in [-0.3, -0.25) is 9.59 Å². The SMILES string of the molecule is COCCOc1ccc(NC(=O)C2CCCC(C(=O)O)C2)cc1Cl. The Balaban J connectivity index is 1.94. The van der Waals surface area contributed by atoms with Gasteiger partial charge in [0.25, 0.3) is 0 Å². The number of carboxylic acid groups (broad SMARTS) is 1. The zero-order chi connectivity index (χ0) is 17.5. The highest BCUT2D eigenvalue weighted by Gasteiger charge is 2.31. The lowest BCUT2D eigenvalue weighted by molar-refractivity contribution is -0.143. The number of rotatable bonds is 7. The molecule has 6 nitrogen and oxygen atoms in total. The number of methoxy groups -OCH3 is 1. The van der Waals surface area contributed by atoms with Crippen LogP contribution in [0, 0.1) is 11.8 Å². The second-order valence-corrected chi connectivity index (χ2v) is 6.28. The molecule has 0 aliphatic heterocycles. The number of aliphatic carboxylic acids is 1. The Morgan fingerprint density at radius 1 is 1.29 bits per heavy atom. The van der Waals surface area contributed by atoms with Gasteiger partial charge in [0.05, 0.1) is 17.5 Å². The van der Waals surface area contributed by atoms with Gasteiger partial charge < -0.3 is 19.9 Å². The molecule has 2 rings (SSSR count). The molecule has 7 heteroatoms. The predicted molar refractivity (Wildman–Crippen MR) is 90.5 cm³/mol. The van der Waals surface area contributed by atoms with Crippen molar-refractivity contribution in [2.45, 2.75) is 25.7 Å². The standard InChI is InChI=1S/C17H22ClNO5/c1-23-7-8-24-15-6-5-13(10-14(15)18)19-16(20)11-3-2-4-12(9-11)17(21)22/h5-6,10-12H,2-4,7-9H2,1H3,(H,19,20)(H,21,22). The number of carbonyl (C=O) groups excluding carboxylic acids is 1. The van der Waals surface area contributed by atoms with Crippen LogP contribution in [0.5, 0.6) is 5.75 Å². The van der Waals surface area contributed by atoms with E-state index in [2.05, 4.69) is 5.32 Å². The van der Waals surface area contributed by atoms with Crippen LogP contribution in [0.1, 0.15) is 25.7 Å². The smallest absolute Gasteiger partial charge is 0.306 e. The zero-order valence-electron chi connectivity index (χ0n) is 13.6. The van der Waals surface area contributed by atoms with Crippen LogP contribution in [0.3, 0.4) is 0 Å². The second kappa shape index (κ2) is 8.89. The summed E-state index contributed by atoms with van der Waals surface area (Å²) in [4.78, 5) is 23.4. The molecule has 0 saturated heterocycles. The van der Waals surface area contributed by atoms with Gasteiger partial charge in [-0.25, -0.2) is 0 Å². The highest BCUT2D eigenvalue weighted by atomic mass is 35.5. The summed E-state index contributed by atoms with van der Waals surface area (Å²) >= 11 is 6.15. The molecule has 2 N–H and O–H groups in total. The number of halogens is 1. The average molecular weight is 356 g/mol. The lowest BCUT2D eigenvalue weighted by atomic mass is 9.81. The van der Waals surface area contributed by atoms with Gasteiger partial charge in [0.2, 0.25) is 5.91 Å². The molecule has 0 heterocycles. The third-order valence-corrected chi connectivity index (χ3v) is 4.43. The number of amides is 1. The Kier molecular flexibility index (Phi) is 6.87. The van der Waals surface area contributed by atoms with Crippen LogP contribution in [0.2, 0.25) is 5.02 Å². The van der Waals surface area contributed by atoms with Crippen molar-refractivity contribution >= 4 is 29.2 Å². The predicted octanol–water partition coefficient (Wildman–Crippen LogP) is 3.19. The molecule has 0 radical (unpaired) electrons. The van der Waals surface area contributed by atoms with E-state index in [0.717, 1.165) is 6.42 Å². The summed E-state index contributed by atoms with van der Waals surface area (Å²) in [6.07, 6.45) is 2.48. The largest absolute Gasteiger partial charge is 0.490 e. The van der Waals surface area contributed by atoms with Gasteiger partial charge in [0.1, 0.15) is 12.4 Å². The van der Waals surface area contributed by atoms with Crippen LogP contribution < -0.4 is 10.1 Å². The molecule has 2 unspecified atom stereocenters. The first-order valence-electron chi connectivity index (χ1n) is 7.96. The fourth-order valence-electron chi connectivity index (χ4n) is 2.83. The first-order chi connectivity index (χ1) is 11.5. The van der Waals surface area contributed by atoms with Crippen LogP contribution in [-0.4, -0.2) is 37.3 Å². The lowest BCUT2D eigenvalue weighted by Gasteiger charge is -2.25. The Bertz CT molecular complexity index is 592. The fourth-order valence-corrected chi connectivity index (χ4v) is 3.06. The minimum Gasteiger partial charge on any atom is -0.490 e. The van der Waals surface area contributed by atoms with Gasteiger partial charge in [-0.1, -0.05) is 18.0 Å². The third-order valence-electron chi connectivity index (χ3n) is 4.14. The van der Waals surface area contributed by atoms with E-state index < -0.39 is 11.9 Å². The maximum Gasteiger partial charge on any atom is 0.306 e. The molecular formula is C17H22ClNO5. The van der Waals surface area contributed by atoms with Crippen LogP contribution >= 0.6 is 11.6 Å². The third kappa shape index (κ3) is 5.11. The van der Waals surface area contributed by atoms with E-state index in [9.17, 15) is 9.59 Å². The van der Waals surface area contributed by atoms with Crippen molar-refractivity contribution < 1.29 is 24.2 Å². The van der Waals surface area contributed by atoms with E-state index in [0.29, 0.717) is 48.9 Å². The molecule has 1 aliphatic carbocycles. The second-order valence-electron chi connectivity index (χ2n) is 5.87. The van der Waals surface area contributed by atoms with Crippen molar-refractivity contribution in [1.29, 1.82) is 0 Å². The Morgan fingerprint density at radius 3 is 2.71 bits per heavy atom. The van der Waals surface area contributed by atoms with Crippen LogP contribution in [0.25, 0.3) is 0 Å². The summed E-state index contributed by atoms with van der Waals surface area (Å²) < 4.78 is 10.4. The minimum absolute atomic E-state index is 0.162. The van der Waals surface area contributed by atoms with Crippen LogP contribution in [-0.2, 0) is 14.3 Å². The number of hydrogen-bond acceptors (Lipinski definition) is 4. The molecule has 0 bridgehead atoms. The topological polar surface area (TPSA) is 84.9 Å². The van der Waals surface area contributed by atoms with Crippen molar-refractivity contribution in [2.75, 3.05) is 25.6 Å². The zero-order valence-corrected chi connectivity index (χ0v) is 14.3. The number of hydrogen-bond donors (Lipinski definition) is 2. The van der Waals surface area contributed by atoms with E-state index in [-0.39, 0.29) is 11.8 Å². The maximum absolute atomic E-state index is 12.3. The molecule has 0 aromatic heterocycles. The van der Waals surface area contributed by atoms with E-state index in [4.69, 9.17) is 26.2 Å². The molecule has 0 spiro atoms. The molecule has 1 saturated carbocycles. The Hall–Kier alpha value is -1.79. The van der Waals surface area contributed by atoms with Crippen LogP contribution in [0.15, 0.2) is 18.2 Å². The summed E-state index contributed by atoms with van der Waals surface area (Å²) in [6.45, 7) is 0.849. The fraction of sp³-hybridized carbons (Fsp3) is 0.529. The van der Waals surface area contributed by atoms with Gasteiger partial charge in [-0.15, -0.1) is 0 Å². The summed E-state index contributed by atoms with van der Waals surface area (Å²) in [7, 11) is 1.59.